The van der Waals surface area contributed by atoms with Gasteiger partial charge in [-0.05, 0) is 24.6 Å². The van der Waals surface area contributed by atoms with Gasteiger partial charge in [0.2, 0.25) is 0 Å². The van der Waals surface area contributed by atoms with E-state index in [0.717, 1.165) is 6.07 Å². The zero-order chi connectivity index (χ0) is 11.1. The van der Waals surface area contributed by atoms with E-state index >= 15 is 0 Å². The number of fused-ring (bicyclic) bond motifs is 1. The molecule has 0 aromatic heterocycles. The van der Waals surface area contributed by atoms with E-state index in [0.29, 0.717) is 18.7 Å². The van der Waals surface area contributed by atoms with Crippen molar-refractivity contribution in [2.24, 2.45) is 0 Å². The number of rotatable bonds is 1. The van der Waals surface area contributed by atoms with Crippen molar-refractivity contribution in [2.75, 3.05) is 11.9 Å². The van der Waals surface area contributed by atoms with E-state index in [-0.39, 0.29) is 4.90 Å². The Bertz CT molecular complexity index is 484. The van der Waals surface area contributed by atoms with Crippen LogP contribution in [0.2, 0.25) is 0 Å². The Morgan fingerprint density at radius 1 is 1.53 bits per heavy atom. The molecule has 1 aliphatic rings. The predicted octanol–water partition coefficient (Wildman–Crippen LogP) is 1.80. The number of benzene rings is 1. The number of hydrogen-bond acceptors (Lipinski definition) is 3. The van der Waals surface area contributed by atoms with Crippen LogP contribution in [0, 0.1) is 5.82 Å². The highest BCUT2D eigenvalue weighted by atomic mass is 32.2. The maximum absolute atomic E-state index is 13.0. The number of sulfone groups is 1. The zero-order valence-corrected chi connectivity index (χ0v) is 9.14. The summed E-state index contributed by atoms with van der Waals surface area (Å²) in [5, 5.41) is 2.55. The van der Waals surface area contributed by atoms with Crippen LogP contribution >= 0.6 is 0 Å². The maximum Gasteiger partial charge on any atom is 0.185 e. The molecule has 1 N–H and O–H groups in total. The van der Waals surface area contributed by atoms with Crippen molar-refractivity contribution in [2.45, 2.75) is 23.5 Å². The highest BCUT2D eigenvalue weighted by Crippen LogP contribution is 2.31. The SMILES string of the molecule is CCC1CNc2ccc(F)cc2S1(=O)=O. The first kappa shape index (κ1) is 10.4. The quantitative estimate of drug-likeness (QED) is 0.798. The molecule has 0 aliphatic carbocycles. The molecule has 15 heavy (non-hydrogen) atoms. The Labute approximate surface area is 88.2 Å². The van der Waals surface area contributed by atoms with E-state index in [1.165, 1.54) is 12.1 Å². The average Bonchev–Trinajstić information content (AvgIpc) is 2.19. The zero-order valence-electron chi connectivity index (χ0n) is 8.33. The molecule has 0 fully saturated rings. The Kier molecular flexibility index (Phi) is 2.42. The minimum absolute atomic E-state index is 0.0839. The molecule has 3 nitrogen and oxygen atoms in total. The molecule has 0 radical (unpaired) electrons. The molecule has 2 rings (SSSR count). The number of halogens is 1. The molecule has 0 spiro atoms. The Morgan fingerprint density at radius 3 is 2.93 bits per heavy atom. The standard InChI is InChI=1S/C10H12FNO2S/c1-2-8-6-12-9-4-3-7(11)5-10(9)15(8,13)14/h3-5,8,12H,2,6H2,1H3. The highest BCUT2D eigenvalue weighted by molar-refractivity contribution is 7.92. The summed E-state index contributed by atoms with van der Waals surface area (Å²) in [6.07, 6.45) is 0.533. The molecular formula is C10H12FNO2S. The number of hydrogen-bond donors (Lipinski definition) is 1. The average molecular weight is 229 g/mol. The second-order valence-corrected chi connectivity index (χ2v) is 5.79. The van der Waals surface area contributed by atoms with Crippen LogP contribution in [-0.4, -0.2) is 20.2 Å². The first-order valence-electron chi connectivity index (χ1n) is 4.83. The van der Waals surface area contributed by atoms with E-state index in [9.17, 15) is 12.8 Å². The van der Waals surface area contributed by atoms with Crippen LogP contribution in [0.4, 0.5) is 10.1 Å². The molecule has 1 unspecified atom stereocenters. The van der Waals surface area contributed by atoms with Gasteiger partial charge in [-0.1, -0.05) is 6.92 Å². The monoisotopic (exact) mass is 229 g/mol. The maximum atomic E-state index is 13.0. The van der Waals surface area contributed by atoms with Gasteiger partial charge >= 0.3 is 0 Å². The van der Waals surface area contributed by atoms with Crippen molar-refractivity contribution in [3.05, 3.63) is 24.0 Å². The van der Waals surface area contributed by atoms with Crippen LogP contribution < -0.4 is 5.32 Å². The van der Waals surface area contributed by atoms with Crippen LogP contribution in [0.25, 0.3) is 0 Å². The second kappa shape index (κ2) is 3.48. The third kappa shape index (κ3) is 1.61. The minimum Gasteiger partial charge on any atom is -0.383 e. The fraction of sp³-hybridized carbons (Fsp3) is 0.400. The van der Waals surface area contributed by atoms with Crippen molar-refractivity contribution in [3.8, 4) is 0 Å². The first-order valence-corrected chi connectivity index (χ1v) is 6.37. The Hall–Kier alpha value is -1.10. The lowest BCUT2D eigenvalue weighted by molar-refractivity contribution is 0.570. The molecule has 5 heteroatoms. The molecule has 0 bridgehead atoms. The van der Waals surface area contributed by atoms with Crippen LogP contribution in [0.1, 0.15) is 13.3 Å². The van der Waals surface area contributed by atoms with E-state index < -0.39 is 20.9 Å². The molecule has 0 amide bonds. The van der Waals surface area contributed by atoms with Crippen molar-refractivity contribution in [3.63, 3.8) is 0 Å². The van der Waals surface area contributed by atoms with E-state index in [2.05, 4.69) is 5.32 Å². The largest absolute Gasteiger partial charge is 0.383 e. The summed E-state index contributed by atoms with van der Waals surface area (Å²) < 4.78 is 36.9. The summed E-state index contributed by atoms with van der Waals surface area (Å²) in [7, 11) is -3.36. The summed E-state index contributed by atoms with van der Waals surface area (Å²) in [6.45, 7) is 2.21. The summed E-state index contributed by atoms with van der Waals surface area (Å²) in [6, 6.07) is 3.81. The number of nitrogens with one attached hydrogen (secondary N) is 1. The topological polar surface area (TPSA) is 46.2 Å². The molecule has 1 atom stereocenters. The summed E-state index contributed by atoms with van der Waals surface area (Å²) in [4.78, 5) is 0.0839. The van der Waals surface area contributed by atoms with E-state index in [4.69, 9.17) is 0 Å². The minimum atomic E-state index is -3.36. The Balaban J connectivity index is 2.60. The normalized spacial score (nSPS) is 22.9. The van der Waals surface area contributed by atoms with E-state index in [1.54, 1.807) is 0 Å². The summed E-state index contributed by atoms with van der Waals surface area (Å²) >= 11 is 0. The fourth-order valence-electron chi connectivity index (χ4n) is 1.75. The van der Waals surface area contributed by atoms with Crippen LogP contribution in [-0.2, 0) is 9.84 Å². The summed E-state index contributed by atoms with van der Waals surface area (Å²) in [5.41, 5.74) is 0.501. The van der Waals surface area contributed by atoms with Gasteiger partial charge in [-0.25, -0.2) is 12.8 Å². The molecule has 1 heterocycles. The predicted molar refractivity (Wildman–Crippen MR) is 56.2 cm³/mol. The first-order chi connectivity index (χ1) is 7.05. The van der Waals surface area contributed by atoms with Crippen molar-refractivity contribution in [1.29, 1.82) is 0 Å². The molecule has 0 saturated carbocycles. The van der Waals surface area contributed by atoms with Crippen molar-refractivity contribution in [1.82, 2.24) is 0 Å². The lowest BCUT2D eigenvalue weighted by Crippen LogP contribution is -2.33. The van der Waals surface area contributed by atoms with Crippen molar-refractivity contribution < 1.29 is 12.8 Å². The molecular weight excluding hydrogens is 217 g/mol. The number of anilines is 1. The fourth-order valence-corrected chi connectivity index (χ4v) is 3.58. The second-order valence-electron chi connectivity index (χ2n) is 3.60. The lowest BCUT2D eigenvalue weighted by atomic mass is 10.2. The van der Waals surface area contributed by atoms with E-state index in [1.807, 2.05) is 6.92 Å². The van der Waals surface area contributed by atoms with Gasteiger partial charge in [0.25, 0.3) is 0 Å². The van der Waals surface area contributed by atoms with Gasteiger partial charge in [-0.3, -0.25) is 0 Å². The van der Waals surface area contributed by atoms with Gasteiger partial charge in [0.05, 0.1) is 15.8 Å². The molecule has 0 saturated heterocycles. The lowest BCUT2D eigenvalue weighted by Gasteiger charge is -2.25. The van der Waals surface area contributed by atoms with Crippen LogP contribution in [0.5, 0.6) is 0 Å². The van der Waals surface area contributed by atoms with Gasteiger partial charge in [-0.15, -0.1) is 0 Å². The highest BCUT2D eigenvalue weighted by Gasteiger charge is 2.32. The third-order valence-corrected chi connectivity index (χ3v) is 4.99. The van der Waals surface area contributed by atoms with Gasteiger partial charge < -0.3 is 5.32 Å². The molecule has 1 aliphatic heterocycles. The smallest absolute Gasteiger partial charge is 0.185 e. The van der Waals surface area contributed by atoms with Gasteiger partial charge in [0.1, 0.15) is 5.82 Å². The summed E-state index contributed by atoms with van der Waals surface area (Å²) in [5.74, 6) is -0.518. The molecule has 1 aromatic rings. The van der Waals surface area contributed by atoms with Gasteiger partial charge in [0.15, 0.2) is 9.84 Å². The van der Waals surface area contributed by atoms with Gasteiger partial charge in [-0.2, -0.15) is 0 Å². The Morgan fingerprint density at radius 2 is 2.27 bits per heavy atom. The van der Waals surface area contributed by atoms with Crippen LogP contribution in [0.3, 0.4) is 0 Å². The molecule has 1 aromatic carbocycles. The van der Waals surface area contributed by atoms with Crippen molar-refractivity contribution >= 4 is 15.5 Å². The van der Waals surface area contributed by atoms with Gasteiger partial charge in [0, 0.05) is 6.54 Å². The third-order valence-electron chi connectivity index (χ3n) is 2.66. The molecule has 82 valence electrons. The van der Waals surface area contributed by atoms with Crippen LogP contribution in [0.15, 0.2) is 23.1 Å².